The van der Waals surface area contributed by atoms with E-state index in [4.69, 9.17) is 11.6 Å². The average molecular weight is 318 g/mol. The maximum Gasteiger partial charge on any atom is 0.125 e. The summed E-state index contributed by atoms with van der Waals surface area (Å²) < 4.78 is 16.1. The summed E-state index contributed by atoms with van der Waals surface area (Å²) in [6, 6.07) is 4.48. The fourth-order valence-electron chi connectivity index (χ4n) is 1.75. The number of benzene rings is 1. The third-order valence-corrected chi connectivity index (χ3v) is 3.66. The normalized spacial score (nSPS) is 10.9. The summed E-state index contributed by atoms with van der Waals surface area (Å²) >= 11 is 9.35. The van der Waals surface area contributed by atoms with Gasteiger partial charge < -0.3 is 0 Å². The van der Waals surface area contributed by atoms with E-state index in [1.165, 1.54) is 12.1 Å². The lowest BCUT2D eigenvalue weighted by Gasteiger charge is -2.06. The van der Waals surface area contributed by atoms with Gasteiger partial charge in [-0.05, 0) is 48.0 Å². The van der Waals surface area contributed by atoms with Crippen LogP contribution in [0.3, 0.4) is 0 Å². The van der Waals surface area contributed by atoms with Crippen molar-refractivity contribution in [2.24, 2.45) is 0 Å². The van der Waals surface area contributed by atoms with Crippen molar-refractivity contribution in [3.63, 3.8) is 0 Å². The van der Waals surface area contributed by atoms with E-state index in [9.17, 15) is 4.39 Å². The second kappa shape index (κ2) is 4.78. The van der Waals surface area contributed by atoms with Crippen LogP contribution in [-0.4, -0.2) is 9.78 Å². The molecular weight excluding hydrogens is 307 g/mol. The third kappa shape index (κ3) is 2.38. The number of nitrogens with zero attached hydrogens (tertiary/aromatic N) is 2. The highest BCUT2D eigenvalue weighted by Crippen LogP contribution is 2.32. The molecule has 2 aromatic rings. The molecule has 0 fully saturated rings. The molecule has 2 rings (SSSR count). The Bertz CT molecular complexity index is 546. The Morgan fingerprint density at radius 2 is 2.12 bits per heavy atom. The molecule has 1 aromatic heterocycles. The first-order valence-electron chi connectivity index (χ1n) is 5.22. The molecule has 0 radical (unpaired) electrons. The van der Waals surface area contributed by atoms with Crippen molar-refractivity contribution in [3.05, 3.63) is 39.2 Å². The number of hydrogen-bond acceptors (Lipinski definition) is 1. The van der Waals surface area contributed by atoms with Crippen LogP contribution in [0, 0.1) is 12.7 Å². The Labute approximate surface area is 113 Å². The van der Waals surface area contributed by atoms with Crippen LogP contribution in [0.1, 0.15) is 12.6 Å². The summed E-state index contributed by atoms with van der Waals surface area (Å²) in [5.41, 5.74) is 2.46. The molecule has 1 aromatic carbocycles. The zero-order chi connectivity index (χ0) is 12.6. The van der Waals surface area contributed by atoms with Gasteiger partial charge in [0.1, 0.15) is 5.82 Å². The van der Waals surface area contributed by atoms with E-state index in [1.807, 2.05) is 18.5 Å². The van der Waals surface area contributed by atoms with Gasteiger partial charge in [0, 0.05) is 17.1 Å². The summed E-state index contributed by atoms with van der Waals surface area (Å²) in [5.74, 6) is -0.346. The van der Waals surface area contributed by atoms with Crippen molar-refractivity contribution in [1.82, 2.24) is 9.78 Å². The van der Waals surface area contributed by atoms with E-state index in [0.29, 0.717) is 5.02 Å². The van der Waals surface area contributed by atoms with Gasteiger partial charge in [-0.15, -0.1) is 0 Å². The lowest BCUT2D eigenvalue weighted by atomic mass is 10.1. The minimum Gasteiger partial charge on any atom is -0.264 e. The molecule has 0 aliphatic rings. The van der Waals surface area contributed by atoms with Crippen molar-refractivity contribution in [3.8, 4) is 11.3 Å². The van der Waals surface area contributed by atoms with Crippen molar-refractivity contribution >= 4 is 27.5 Å². The molecule has 2 nitrogen and oxygen atoms in total. The molecule has 0 aliphatic carbocycles. The molecule has 1 heterocycles. The van der Waals surface area contributed by atoms with Gasteiger partial charge in [0.25, 0.3) is 0 Å². The van der Waals surface area contributed by atoms with Crippen LogP contribution in [0.5, 0.6) is 0 Å². The lowest BCUT2D eigenvalue weighted by molar-refractivity contribution is 0.626. The van der Waals surface area contributed by atoms with Gasteiger partial charge in [0.2, 0.25) is 0 Å². The highest BCUT2D eigenvalue weighted by atomic mass is 79.9. The number of hydrogen-bond donors (Lipinski definition) is 0. The van der Waals surface area contributed by atoms with Crippen molar-refractivity contribution in [1.29, 1.82) is 0 Å². The maximum absolute atomic E-state index is 13.4. The highest BCUT2D eigenvalue weighted by molar-refractivity contribution is 9.10. The Morgan fingerprint density at radius 3 is 2.71 bits per heavy atom. The highest BCUT2D eigenvalue weighted by Gasteiger charge is 2.15. The second-order valence-electron chi connectivity index (χ2n) is 3.72. The largest absolute Gasteiger partial charge is 0.264 e. The molecule has 0 saturated carbocycles. The van der Waals surface area contributed by atoms with Crippen LogP contribution in [-0.2, 0) is 6.54 Å². The van der Waals surface area contributed by atoms with Gasteiger partial charge in [-0.1, -0.05) is 11.6 Å². The Morgan fingerprint density at radius 1 is 1.41 bits per heavy atom. The molecule has 0 N–H and O–H groups in total. The van der Waals surface area contributed by atoms with Crippen molar-refractivity contribution in [2.75, 3.05) is 0 Å². The minimum atomic E-state index is -0.346. The minimum absolute atomic E-state index is 0.346. The first kappa shape index (κ1) is 12.6. The molecule has 0 unspecified atom stereocenters. The van der Waals surface area contributed by atoms with Crippen LogP contribution >= 0.6 is 27.5 Å². The summed E-state index contributed by atoms with van der Waals surface area (Å²) in [5, 5.41) is 4.75. The van der Waals surface area contributed by atoms with Gasteiger partial charge in [-0.2, -0.15) is 5.10 Å². The van der Waals surface area contributed by atoms with Gasteiger partial charge in [0.15, 0.2) is 0 Å². The molecule has 0 bridgehead atoms. The molecule has 0 saturated heterocycles. The second-order valence-corrected chi connectivity index (χ2v) is 4.95. The number of halogens is 3. The third-order valence-electron chi connectivity index (χ3n) is 2.49. The molecule has 0 atom stereocenters. The van der Waals surface area contributed by atoms with Crippen molar-refractivity contribution < 1.29 is 4.39 Å². The number of aryl methyl sites for hydroxylation is 2. The predicted molar refractivity (Wildman–Crippen MR) is 70.7 cm³/mol. The number of rotatable bonds is 2. The monoisotopic (exact) mass is 316 g/mol. The topological polar surface area (TPSA) is 17.8 Å². The average Bonchev–Trinajstić information content (AvgIpc) is 2.53. The Balaban J connectivity index is 2.67. The Hall–Kier alpha value is -0.870. The SMILES string of the molecule is CCn1nc(C)c(Br)c1-c1cc(F)cc(Cl)c1. The van der Waals surface area contributed by atoms with Crippen molar-refractivity contribution in [2.45, 2.75) is 20.4 Å². The molecule has 0 aliphatic heterocycles. The quantitative estimate of drug-likeness (QED) is 0.801. The van der Waals surface area contributed by atoms with E-state index in [2.05, 4.69) is 21.0 Å². The van der Waals surface area contributed by atoms with E-state index in [-0.39, 0.29) is 5.82 Å². The zero-order valence-electron chi connectivity index (χ0n) is 9.47. The van der Waals surface area contributed by atoms with Gasteiger partial charge >= 0.3 is 0 Å². The van der Waals surface area contributed by atoms with Crippen LogP contribution in [0.2, 0.25) is 5.02 Å². The first-order valence-corrected chi connectivity index (χ1v) is 6.39. The van der Waals surface area contributed by atoms with E-state index >= 15 is 0 Å². The van der Waals surface area contributed by atoms with Crippen LogP contribution in [0.15, 0.2) is 22.7 Å². The van der Waals surface area contributed by atoms with E-state index < -0.39 is 0 Å². The molecular formula is C12H11BrClFN2. The van der Waals surface area contributed by atoms with Gasteiger partial charge in [-0.3, -0.25) is 4.68 Å². The standard InChI is InChI=1S/C12H11BrClFN2/c1-3-17-12(11(13)7(2)16-17)8-4-9(14)6-10(15)5-8/h4-6H,3H2,1-2H3. The molecule has 5 heteroatoms. The maximum atomic E-state index is 13.4. The van der Waals surface area contributed by atoms with E-state index in [0.717, 1.165) is 28.0 Å². The first-order chi connectivity index (χ1) is 8.02. The van der Waals surface area contributed by atoms with Crippen LogP contribution in [0.25, 0.3) is 11.3 Å². The summed E-state index contributed by atoms with van der Waals surface area (Å²) in [4.78, 5) is 0. The number of aromatic nitrogens is 2. The van der Waals surface area contributed by atoms with Gasteiger partial charge in [0.05, 0.1) is 15.9 Å². The Kier molecular flexibility index (Phi) is 3.54. The smallest absolute Gasteiger partial charge is 0.125 e. The lowest BCUT2D eigenvalue weighted by Crippen LogP contribution is -1.99. The zero-order valence-corrected chi connectivity index (χ0v) is 11.8. The fraction of sp³-hybridized carbons (Fsp3) is 0.250. The van der Waals surface area contributed by atoms with Crippen LogP contribution < -0.4 is 0 Å². The summed E-state index contributed by atoms with van der Waals surface area (Å²) in [7, 11) is 0. The van der Waals surface area contributed by atoms with E-state index in [1.54, 1.807) is 6.07 Å². The molecule has 0 amide bonds. The molecule has 90 valence electrons. The van der Waals surface area contributed by atoms with Gasteiger partial charge in [-0.25, -0.2) is 4.39 Å². The van der Waals surface area contributed by atoms with Crippen LogP contribution in [0.4, 0.5) is 4.39 Å². The molecule has 0 spiro atoms. The summed E-state index contributed by atoms with van der Waals surface area (Å²) in [6.07, 6.45) is 0. The summed E-state index contributed by atoms with van der Waals surface area (Å²) in [6.45, 7) is 4.61. The fourth-order valence-corrected chi connectivity index (χ4v) is 2.49. The molecule has 17 heavy (non-hydrogen) atoms. The predicted octanol–water partition coefficient (Wildman–Crippen LogP) is 4.43.